The lowest BCUT2D eigenvalue weighted by Gasteiger charge is -2.07. The number of carbonyl (C=O) groups is 2. The molecule has 22 heavy (non-hydrogen) atoms. The van der Waals surface area contributed by atoms with Gasteiger partial charge in [-0.05, 0) is 25.1 Å². The van der Waals surface area contributed by atoms with E-state index in [1.54, 1.807) is 18.2 Å². The van der Waals surface area contributed by atoms with Gasteiger partial charge in [0, 0.05) is 11.1 Å². The molecule has 0 amide bonds. The molecule has 0 saturated heterocycles. The van der Waals surface area contributed by atoms with E-state index in [4.69, 9.17) is 0 Å². The molecular formula is C17H13F3O2. The highest BCUT2D eigenvalue weighted by Gasteiger charge is 2.30. The summed E-state index contributed by atoms with van der Waals surface area (Å²) in [7, 11) is 0. The van der Waals surface area contributed by atoms with Crippen molar-refractivity contribution in [3.63, 3.8) is 0 Å². The van der Waals surface area contributed by atoms with Crippen molar-refractivity contribution in [1.29, 1.82) is 0 Å². The zero-order chi connectivity index (χ0) is 16.3. The summed E-state index contributed by atoms with van der Waals surface area (Å²) in [6, 6.07) is 10.7. The lowest BCUT2D eigenvalue weighted by Crippen LogP contribution is -2.10. The molecule has 0 heterocycles. The third kappa shape index (κ3) is 3.81. The smallest absolute Gasteiger partial charge is 0.294 e. The van der Waals surface area contributed by atoms with Gasteiger partial charge < -0.3 is 0 Å². The van der Waals surface area contributed by atoms with Gasteiger partial charge in [0.05, 0.1) is 12.0 Å². The highest BCUT2D eigenvalue weighted by atomic mass is 19.4. The molecule has 2 rings (SSSR count). The topological polar surface area (TPSA) is 34.1 Å². The first kappa shape index (κ1) is 15.9. The normalized spacial score (nSPS) is 11.3. The molecule has 0 N–H and O–H groups in total. The minimum atomic E-state index is -4.45. The third-order valence-corrected chi connectivity index (χ3v) is 3.20. The lowest BCUT2D eigenvalue weighted by atomic mass is 10.00. The van der Waals surface area contributed by atoms with Crippen LogP contribution in [0.4, 0.5) is 13.2 Å². The van der Waals surface area contributed by atoms with Gasteiger partial charge in [-0.2, -0.15) is 13.2 Å². The second-order valence-corrected chi connectivity index (χ2v) is 4.97. The molecule has 0 spiro atoms. The maximum atomic E-state index is 12.5. The summed E-state index contributed by atoms with van der Waals surface area (Å²) in [4.78, 5) is 24.0. The number of rotatable bonds is 4. The van der Waals surface area contributed by atoms with Crippen molar-refractivity contribution in [1.82, 2.24) is 0 Å². The monoisotopic (exact) mass is 306 g/mol. The molecule has 0 aliphatic rings. The van der Waals surface area contributed by atoms with Crippen molar-refractivity contribution in [2.45, 2.75) is 19.5 Å². The molecule has 0 aliphatic heterocycles. The Morgan fingerprint density at radius 3 is 2.05 bits per heavy atom. The summed E-state index contributed by atoms with van der Waals surface area (Å²) in [5.41, 5.74) is 0.580. The van der Waals surface area contributed by atoms with Crippen molar-refractivity contribution in [3.8, 4) is 0 Å². The van der Waals surface area contributed by atoms with Crippen molar-refractivity contribution >= 4 is 11.6 Å². The fraction of sp³-hybridized carbons (Fsp3) is 0.176. The van der Waals surface area contributed by atoms with Crippen LogP contribution in [0.5, 0.6) is 0 Å². The summed E-state index contributed by atoms with van der Waals surface area (Å²) in [5.74, 6) is -0.853. The SMILES string of the molecule is Cc1cccc(C(=O)CC(=O)c2ccc(C(F)(F)F)cc2)c1. The highest BCUT2D eigenvalue weighted by Crippen LogP contribution is 2.29. The van der Waals surface area contributed by atoms with Gasteiger partial charge in [-0.15, -0.1) is 0 Å². The zero-order valence-corrected chi connectivity index (χ0v) is 11.8. The van der Waals surface area contributed by atoms with Crippen molar-refractivity contribution < 1.29 is 22.8 Å². The number of benzene rings is 2. The lowest BCUT2D eigenvalue weighted by molar-refractivity contribution is -0.137. The van der Waals surface area contributed by atoms with E-state index in [1.165, 1.54) is 0 Å². The van der Waals surface area contributed by atoms with Crippen LogP contribution in [0.2, 0.25) is 0 Å². The van der Waals surface area contributed by atoms with E-state index < -0.39 is 17.5 Å². The number of Topliss-reactive ketones (excluding diaryl/α,β-unsaturated/α-hetero) is 2. The number of aryl methyl sites for hydroxylation is 1. The van der Waals surface area contributed by atoms with Gasteiger partial charge >= 0.3 is 6.18 Å². The summed E-state index contributed by atoms with van der Waals surface area (Å²) >= 11 is 0. The van der Waals surface area contributed by atoms with Gasteiger partial charge in [-0.25, -0.2) is 0 Å². The van der Waals surface area contributed by atoms with Crippen molar-refractivity contribution in [3.05, 3.63) is 70.8 Å². The molecule has 2 nitrogen and oxygen atoms in total. The summed E-state index contributed by atoms with van der Waals surface area (Å²) in [5, 5.41) is 0. The maximum Gasteiger partial charge on any atom is 0.416 e. The fourth-order valence-corrected chi connectivity index (χ4v) is 2.01. The summed E-state index contributed by atoms with van der Waals surface area (Å²) in [6.45, 7) is 1.83. The van der Waals surface area contributed by atoms with Gasteiger partial charge in [0.1, 0.15) is 0 Å². The quantitative estimate of drug-likeness (QED) is 0.617. The van der Waals surface area contributed by atoms with Crippen molar-refractivity contribution in [2.75, 3.05) is 0 Å². The highest BCUT2D eigenvalue weighted by molar-refractivity contribution is 6.13. The molecule has 0 saturated carbocycles. The third-order valence-electron chi connectivity index (χ3n) is 3.20. The van der Waals surface area contributed by atoms with E-state index in [2.05, 4.69) is 0 Å². The molecule has 0 radical (unpaired) electrons. The number of halogens is 3. The minimum Gasteiger partial charge on any atom is -0.294 e. The molecule has 5 heteroatoms. The number of alkyl halides is 3. The Morgan fingerprint density at radius 2 is 1.50 bits per heavy atom. The standard InChI is InChI=1S/C17H13F3O2/c1-11-3-2-4-13(9-11)16(22)10-15(21)12-5-7-14(8-6-12)17(18,19)20/h2-9H,10H2,1H3. The van der Waals surface area contributed by atoms with Crippen LogP contribution in [-0.4, -0.2) is 11.6 Å². The molecule has 2 aromatic rings. The van der Waals surface area contributed by atoms with E-state index in [0.717, 1.165) is 29.8 Å². The van der Waals surface area contributed by atoms with Crippen molar-refractivity contribution in [2.24, 2.45) is 0 Å². The summed E-state index contributed by atoms with van der Waals surface area (Å²) < 4.78 is 37.4. The van der Waals surface area contributed by atoms with Crippen LogP contribution in [0.1, 0.15) is 38.3 Å². The van der Waals surface area contributed by atoms with Crippen LogP contribution in [0.3, 0.4) is 0 Å². The number of hydrogen-bond acceptors (Lipinski definition) is 2. The second kappa shape index (κ2) is 6.13. The number of carbonyl (C=O) groups excluding carboxylic acids is 2. The Morgan fingerprint density at radius 1 is 0.909 bits per heavy atom. The van der Waals surface area contributed by atoms with Gasteiger partial charge in [0.25, 0.3) is 0 Å². The Hall–Kier alpha value is -2.43. The molecule has 0 atom stereocenters. The largest absolute Gasteiger partial charge is 0.416 e. The molecule has 0 fully saturated rings. The fourth-order valence-electron chi connectivity index (χ4n) is 2.01. The van der Waals surface area contributed by atoms with Crippen LogP contribution < -0.4 is 0 Å². The zero-order valence-electron chi connectivity index (χ0n) is 11.8. The van der Waals surface area contributed by atoms with Crippen LogP contribution >= 0.6 is 0 Å². The molecule has 0 aromatic heterocycles. The molecule has 0 unspecified atom stereocenters. The van der Waals surface area contributed by atoms with E-state index in [1.807, 2.05) is 13.0 Å². The minimum absolute atomic E-state index is 0.0917. The molecule has 0 aliphatic carbocycles. The summed E-state index contributed by atoms with van der Waals surface area (Å²) in [6.07, 6.45) is -4.81. The van der Waals surface area contributed by atoms with Gasteiger partial charge in [-0.1, -0.05) is 35.9 Å². The van der Waals surface area contributed by atoms with E-state index in [0.29, 0.717) is 5.56 Å². The number of hydrogen-bond donors (Lipinski definition) is 0. The molecule has 0 bridgehead atoms. The molecular weight excluding hydrogens is 293 g/mol. The Kier molecular flexibility index (Phi) is 4.45. The second-order valence-electron chi connectivity index (χ2n) is 4.97. The first-order valence-corrected chi connectivity index (χ1v) is 6.58. The predicted octanol–water partition coefficient (Wildman–Crippen LogP) is 4.47. The first-order chi connectivity index (χ1) is 10.3. The van der Waals surface area contributed by atoms with Crippen LogP contribution in [0.25, 0.3) is 0 Å². The molecule has 2 aromatic carbocycles. The first-order valence-electron chi connectivity index (χ1n) is 6.58. The number of ketones is 2. The van der Waals surface area contributed by atoms with Crippen LogP contribution in [0, 0.1) is 6.92 Å². The van der Waals surface area contributed by atoms with Crippen LogP contribution in [0.15, 0.2) is 48.5 Å². The Bertz CT molecular complexity index is 701. The average Bonchev–Trinajstić information content (AvgIpc) is 2.46. The average molecular weight is 306 g/mol. The van der Waals surface area contributed by atoms with Gasteiger partial charge in [-0.3, -0.25) is 9.59 Å². The Labute approximate surface area is 125 Å². The van der Waals surface area contributed by atoms with Crippen LogP contribution in [-0.2, 0) is 6.18 Å². The molecule has 114 valence electrons. The van der Waals surface area contributed by atoms with E-state index >= 15 is 0 Å². The predicted molar refractivity (Wildman–Crippen MR) is 75.9 cm³/mol. The Balaban J connectivity index is 2.11. The van der Waals surface area contributed by atoms with E-state index in [9.17, 15) is 22.8 Å². The van der Waals surface area contributed by atoms with Gasteiger partial charge in [0.15, 0.2) is 11.6 Å². The maximum absolute atomic E-state index is 12.5. The van der Waals surface area contributed by atoms with E-state index in [-0.39, 0.29) is 17.8 Å². The van der Waals surface area contributed by atoms with Gasteiger partial charge in [0.2, 0.25) is 0 Å².